The van der Waals surface area contributed by atoms with E-state index in [-0.39, 0.29) is 48.1 Å². The van der Waals surface area contributed by atoms with Gasteiger partial charge in [-0.1, -0.05) is 74.9 Å². The molecule has 3 N–H and O–H groups in total. The van der Waals surface area contributed by atoms with E-state index < -0.39 is 57.1 Å². The van der Waals surface area contributed by atoms with Crippen molar-refractivity contribution in [3.05, 3.63) is 59.7 Å². The lowest BCUT2D eigenvalue weighted by atomic mass is 9.38. The number of aliphatic hydroxyl groups excluding tert-OH is 2. The van der Waals surface area contributed by atoms with E-state index >= 15 is 0 Å². The van der Waals surface area contributed by atoms with Crippen molar-refractivity contribution in [2.45, 2.75) is 95.9 Å². The summed E-state index contributed by atoms with van der Waals surface area (Å²) < 4.78 is 18.1. The molecular formula is C38H46O8. The number of hydrogen-bond acceptors (Lipinski definition) is 8. The van der Waals surface area contributed by atoms with Crippen molar-refractivity contribution < 1.29 is 39.1 Å². The van der Waals surface area contributed by atoms with Gasteiger partial charge in [-0.05, 0) is 72.7 Å². The van der Waals surface area contributed by atoms with Gasteiger partial charge in [-0.15, -0.1) is 0 Å². The molecule has 8 aliphatic rings. The lowest BCUT2D eigenvalue weighted by Crippen LogP contribution is -2.68. The van der Waals surface area contributed by atoms with Gasteiger partial charge in [-0.2, -0.15) is 0 Å². The number of hydrogen-bond donors (Lipinski definition) is 3. The minimum absolute atomic E-state index is 0.0113. The van der Waals surface area contributed by atoms with Crippen LogP contribution in [-0.2, 0) is 23.8 Å². The van der Waals surface area contributed by atoms with Gasteiger partial charge in [0, 0.05) is 23.2 Å². The fourth-order valence-electron chi connectivity index (χ4n) is 13.0. The van der Waals surface area contributed by atoms with Crippen LogP contribution in [0, 0.1) is 50.7 Å². The Hall–Kier alpha value is -2.36. The molecule has 8 heteroatoms. The molecule has 2 unspecified atom stereocenters. The number of Topliss-reactive ketones (excluding diaryl/α,β-unsaturated/α-hetero) is 1. The summed E-state index contributed by atoms with van der Waals surface area (Å²) in [6, 6.07) is 10.3. The zero-order valence-electron chi connectivity index (χ0n) is 27.2. The Kier molecular flexibility index (Phi) is 5.69. The summed E-state index contributed by atoms with van der Waals surface area (Å²) in [4.78, 5) is 28.3. The molecule has 0 amide bonds. The molecule has 246 valence electrons. The highest BCUT2D eigenvalue weighted by Gasteiger charge is 2.87. The zero-order chi connectivity index (χ0) is 32.3. The Morgan fingerprint density at radius 1 is 0.978 bits per heavy atom. The van der Waals surface area contributed by atoms with Gasteiger partial charge in [0.15, 0.2) is 5.78 Å². The molecule has 8 nitrogen and oxygen atoms in total. The number of allylic oxidation sites excluding steroid dienone is 3. The van der Waals surface area contributed by atoms with Crippen LogP contribution in [0.2, 0.25) is 0 Å². The van der Waals surface area contributed by atoms with Crippen molar-refractivity contribution in [2.75, 3.05) is 13.2 Å². The van der Waals surface area contributed by atoms with Crippen LogP contribution in [0.4, 0.5) is 0 Å². The topological polar surface area (TPSA) is 123 Å². The molecule has 0 aromatic heterocycles. The van der Waals surface area contributed by atoms with Gasteiger partial charge in [-0.3, -0.25) is 9.59 Å². The van der Waals surface area contributed by atoms with E-state index in [0.29, 0.717) is 13.0 Å². The number of rotatable bonds is 2. The van der Waals surface area contributed by atoms with Gasteiger partial charge >= 0.3 is 5.97 Å². The summed E-state index contributed by atoms with van der Waals surface area (Å²) in [5.41, 5.74) is -1.26. The summed E-state index contributed by atoms with van der Waals surface area (Å²) in [7, 11) is 0. The fraction of sp³-hybridized carbons (Fsp3) is 0.684. The average molecular weight is 631 g/mol. The molecule has 3 saturated carbocycles. The van der Waals surface area contributed by atoms with Gasteiger partial charge in [0.2, 0.25) is 5.79 Å². The number of carbonyl (C=O) groups is 2. The molecule has 1 spiro atoms. The lowest BCUT2D eigenvalue weighted by molar-refractivity contribution is -0.220. The molecule has 5 aliphatic carbocycles. The minimum Gasteiger partial charge on any atom is -0.430 e. The van der Waals surface area contributed by atoms with E-state index in [1.54, 1.807) is 6.92 Å². The van der Waals surface area contributed by atoms with Crippen molar-refractivity contribution in [1.29, 1.82) is 0 Å². The maximum absolute atomic E-state index is 14.9. The molecule has 1 aromatic rings. The van der Waals surface area contributed by atoms with E-state index in [0.717, 1.165) is 31.2 Å². The molecule has 46 heavy (non-hydrogen) atoms. The van der Waals surface area contributed by atoms with Gasteiger partial charge in [0.1, 0.15) is 12.2 Å². The summed E-state index contributed by atoms with van der Waals surface area (Å²) in [5, 5.41) is 34.4. The molecule has 3 saturated heterocycles. The van der Waals surface area contributed by atoms with Crippen molar-refractivity contribution in [2.24, 2.45) is 50.7 Å². The molecule has 3 heterocycles. The van der Waals surface area contributed by atoms with E-state index in [1.807, 2.05) is 18.2 Å². The number of ether oxygens (including phenoxy) is 3. The maximum atomic E-state index is 14.9. The van der Waals surface area contributed by atoms with Crippen molar-refractivity contribution >= 4 is 11.8 Å². The van der Waals surface area contributed by atoms with Crippen LogP contribution in [-0.4, -0.2) is 63.9 Å². The quantitative estimate of drug-likeness (QED) is 0.324. The summed E-state index contributed by atoms with van der Waals surface area (Å²) >= 11 is 0. The molecule has 9 rings (SSSR count). The maximum Gasteiger partial charge on any atom is 0.314 e. The van der Waals surface area contributed by atoms with E-state index in [1.165, 1.54) is 5.57 Å². The fourth-order valence-corrected chi connectivity index (χ4v) is 13.0. The second-order valence-electron chi connectivity index (χ2n) is 17.2. The second-order valence-corrected chi connectivity index (χ2v) is 17.2. The Balaban J connectivity index is 1.07. The van der Waals surface area contributed by atoms with Crippen LogP contribution < -0.4 is 0 Å². The summed E-state index contributed by atoms with van der Waals surface area (Å²) in [6.07, 6.45) is 8.27. The predicted octanol–water partition coefficient (Wildman–Crippen LogP) is 4.43. The first-order chi connectivity index (χ1) is 21.7. The van der Waals surface area contributed by atoms with Crippen LogP contribution in [0.15, 0.2) is 54.1 Å². The van der Waals surface area contributed by atoms with Crippen LogP contribution in [0.5, 0.6) is 0 Å². The zero-order valence-corrected chi connectivity index (χ0v) is 27.2. The highest BCUT2D eigenvalue weighted by molar-refractivity contribution is 5.93. The SMILES string of the molecule is C[C@]1(O)CO[C@@]2(C1)OC(=O)[C@H]([C@@H]1CCC34CC13C=C[C@@H]1[C@@]3(C)CC=C5C[C@@H](c6ccccc6)OC[C@]5(C)[C@@H]3[C@H](O)C(=O)[C@]14C)[C@H]2O. The number of benzene rings is 1. The molecule has 1 aromatic carbocycles. The minimum atomic E-state index is -1.53. The molecule has 6 fully saturated rings. The summed E-state index contributed by atoms with van der Waals surface area (Å²) in [5.74, 6) is -3.49. The third kappa shape index (κ3) is 3.24. The molecule has 0 radical (unpaired) electrons. The van der Waals surface area contributed by atoms with E-state index in [9.17, 15) is 24.9 Å². The van der Waals surface area contributed by atoms with Gasteiger partial charge in [0.25, 0.3) is 0 Å². The standard InChI is InChI=1S/C38H46O8/c1-32(43)17-38(45-19-32)29(40)26(31(42)46-38)23-11-15-37-18-36(23,37)14-12-25-33(2)13-10-22-16-24(21-8-6-5-7-9-21)44-20-34(22,3)28(33)27(39)30(41)35(25,37)4/h5-10,12,14,23-29,39-40,43H,11,13,15-20H2,1-4H3/t23-,24-,25+,26+,27-,28+,29+,32+,33+,34-,35-,36?,37?,38-/m0/s1. The van der Waals surface area contributed by atoms with Gasteiger partial charge < -0.3 is 29.5 Å². The summed E-state index contributed by atoms with van der Waals surface area (Å²) in [6.45, 7) is 8.61. The van der Waals surface area contributed by atoms with Crippen molar-refractivity contribution in [1.82, 2.24) is 0 Å². The first-order valence-electron chi connectivity index (χ1n) is 17.2. The monoisotopic (exact) mass is 630 g/mol. The predicted molar refractivity (Wildman–Crippen MR) is 166 cm³/mol. The van der Waals surface area contributed by atoms with Crippen molar-refractivity contribution in [3.8, 4) is 0 Å². The normalized spacial score (nSPS) is 56.4. The van der Waals surface area contributed by atoms with Gasteiger partial charge in [-0.25, -0.2) is 0 Å². The third-order valence-electron chi connectivity index (χ3n) is 15.0. The Labute approximate surface area is 270 Å². The van der Waals surface area contributed by atoms with E-state index in [4.69, 9.17) is 14.2 Å². The van der Waals surface area contributed by atoms with Crippen molar-refractivity contribution in [3.63, 3.8) is 0 Å². The Morgan fingerprint density at radius 3 is 2.46 bits per heavy atom. The molecule has 14 atom stereocenters. The van der Waals surface area contributed by atoms with E-state index in [2.05, 4.69) is 51.1 Å². The van der Waals surface area contributed by atoms with Crippen LogP contribution in [0.3, 0.4) is 0 Å². The van der Waals surface area contributed by atoms with Crippen LogP contribution in [0.1, 0.15) is 77.9 Å². The Bertz CT molecular complexity index is 1600. The number of ketones is 1. The van der Waals surface area contributed by atoms with Crippen LogP contribution in [0.25, 0.3) is 0 Å². The smallest absolute Gasteiger partial charge is 0.314 e. The lowest BCUT2D eigenvalue weighted by Gasteiger charge is -2.66. The first kappa shape index (κ1) is 29.8. The van der Waals surface area contributed by atoms with Gasteiger partial charge in [0.05, 0.1) is 30.8 Å². The number of carbonyl (C=O) groups excluding carboxylic acids is 2. The number of esters is 1. The first-order valence-corrected chi connectivity index (χ1v) is 17.2. The molecule has 3 aliphatic heterocycles. The number of fused-ring (bicyclic) bond motifs is 5. The third-order valence-corrected chi connectivity index (χ3v) is 15.0. The highest BCUT2D eigenvalue weighted by atomic mass is 16.7. The number of aliphatic hydroxyl groups is 3. The second kappa shape index (κ2) is 8.80. The largest absolute Gasteiger partial charge is 0.430 e. The Morgan fingerprint density at radius 2 is 1.74 bits per heavy atom. The molecular weight excluding hydrogens is 584 g/mol. The average Bonchev–Trinajstić information content (AvgIpc) is 3.33. The van der Waals surface area contributed by atoms with Crippen LogP contribution >= 0.6 is 0 Å². The highest BCUT2D eigenvalue weighted by Crippen LogP contribution is 2.89. The molecule has 0 bridgehead atoms.